The van der Waals surface area contributed by atoms with Crippen molar-refractivity contribution in [1.82, 2.24) is 19.1 Å². The van der Waals surface area contributed by atoms with Crippen molar-refractivity contribution in [1.29, 1.82) is 0 Å². The molecule has 0 aliphatic carbocycles. The van der Waals surface area contributed by atoms with Gasteiger partial charge in [0.25, 0.3) is 11.5 Å². The summed E-state index contributed by atoms with van der Waals surface area (Å²) in [5.41, 5.74) is 8.69. The maximum absolute atomic E-state index is 13.3. The molecule has 36 heavy (non-hydrogen) atoms. The van der Waals surface area contributed by atoms with E-state index in [1.807, 2.05) is 66.4 Å². The minimum absolute atomic E-state index is 0. The molecular formula is C27H31Cl2N5O2. The first-order valence-corrected chi connectivity index (χ1v) is 12.2. The van der Waals surface area contributed by atoms with E-state index < -0.39 is 0 Å². The molecule has 0 spiro atoms. The molecule has 0 bridgehead atoms. The van der Waals surface area contributed by atoms with Gasteiger partial charge in [-0.1, -0.05) is 59.6 Å². The summed E-state index contributed by atoms with van der Waals surface area (Å²) >= 11 is 6.27. The van der Waals surface area contributed by atoms with Crippen LogP contribution in [-0.4, -0.2) is 44.6 Å². The molecule has 0 fully saturated rings. The second kappa shape index (κ2) is 12.7. The number of amides is 1. The number of fused-ring (bicyclic) bond motifs is 1. The van der Waals surface area contributed by atoms with Crippen molar-refractivity contribution in [2.45, 2.75) is 32.7 Å². The molecule has 0 aliphatic heterocycles. The lowest BCUT2D eigenvalue weighted by atomic mass is 10.1. The second-order valence-corrected chi connectivity index (χ2v) is 9.06. The Kier molecular flexibility index (Phi) is 9.70. The lowest BCUT2D eigenvalue weighted by Gasteiger charge is -2.23. The SMILES string of the molecule is Cc1ccc(C(=O)N(CCCN)CCCc2nn3ccc(Cl)c3c(=O)n2Cc2ccccc2)cc1.Cl. The Labute approximate surface area is 221 Å². The van der Waals surface area contributed by atoms with E-state index in [-0.39, 0.29) is 23.9 Å². The van der Waals surface area contributed by atoms with Gasteiger partial charge in [0.1, 0.15) is 11.3 Å². The monoisotopic (exact) mass is 527 g/mol. The topological polar surface area (TPSA) is 85.6 Å². The maximum Gasteiger partial charge on any atom is 0.279 e. The Morgan fingerprint density at radius 2 is 1.72 bits per heavy atom. The van der Waals surface area contributed by atoms with E-state index in [0.717, 1.165) is 17.5 Å². The Morgan fingerprint density at radius 1 is 1.03 bits per heavy atom. The number of rotatable bonds is 10. The highest BCUT2D eigenvalue weighted by atomic mass is 35.5. The molecule has 2 aromatic carbocycles. The molecule has 0 unspecified atom stereocenters. The summed E-state index contributed by atoms with van der Waals surface area (Å²) in [6.07, 6.45) is 3.62. The molecular weight excluding hydrogens is 497 g/mol. The van der Waals surface area contributed by atoms with Gasteiger partial charge in [-0.2, -0.15) is 5.10 Å². The number of carbonyl (C=O) groups excluding carboxylic acids is 1. The highest BCUT2D eigenvalue weighted by Crippen LogP contribution is 2.16. The van der Waals surface area contributed by atoms with Crippen LogP contribution in [0.25, 0.3) is 5.52 Å². The molecule has 0 aliphatic rings. The molecule has 9 heteroatoms. The van der Waals surface area contributed by atoms with Gasteiger partial charge >= 0.3 is 0 Å². The van der Waals surface area contributed by atoms with Gasteiger partial charge < -0.3 is 10.6 Å². The van der Waals surface area contributed by atoms with Crippen LogP contribution in [0.2, 0.25) is 5.02 Å². The molecule has 4 rings (SSSR count). The maximum atomic E-state index is 13.3. The van der Waals surface area contributed by atoms with Crippen LogP contribution in [0, 0.1) is 6.92 Å². The van der Waals surface area contributed by atoms with Crippen molar-refractivity contribution >= 4 is 35.4 Å². The van der Waals surface area contributed by atoms with Gasteiger partial charge in [-0.25, -0.2) is 4.52 Å². The highest BCUT2D eigenvalue weighted by Gasteiger charge is 2.18. The molecule has 2 heterocycles. The van der Waals surface area contributed by atoms with Crippen molar-refractivity contribution in [3.8, 4) is 0 Å². The third-order valence-corrected chi connectivity index (χ3v) is 6.33. The summed E-state index contributed by atoms with van der Waals surface area (Å²) < 4.78 is 3.23. The van der Waals surface area contributed by atoms with Crippen molar-refractivity contribution in [3.05, 3.63) is 105 Å². The molecule has 0 radical (unpaired) electrons. The van der Waals surface area contributed by atoms with Gasteiger partial charge in [0.15, 0.2) is 0 Å². The van der Waals surface area contributed by atoms with Crippen molar-refractivity contribution in [2.75, 3.05) is 19.6 Å². The Morgan fingerprint density at radius 3 is 2.42 bits per heavy atom. The van der Waals surface area contributed by atoms with Crippen LogP contribution in [0.15, 0.2) is 71.7 Å². The molecule has 4 aromatic rings. The van der Waals surface area contributed by atoms with Crippen molar-refractivity contribution < 1.29 is 4.79 Å². The highest BCUT2D eigenvalue weighted by molar-refractivity contribution is 6.33. The smallest absolute Gasteiger partial charge is 0.279 e. The Bertz CT molecular complexity index is 1350. The predicted molar refractivity (Wildman–Crippen MR) is 146 cm³/mol. The number of aryl methyl sites for hydroxylation is 2. The third-order valence-electron chi connectivity index (χ3n) is 6.03. The fraction of sp³-hybridized carbons (Fsp3) is 0.296. The normalized spacial score (nSPS) is 10.9. The molecule has 0 saturated carbocycles. The molecule has 0 atom stereocenters. The predicted octanol–water partition coefficient (Wildman–Crippen LogP) is 4.35. The van der Waals surface area contributed by atoms with E-state index in [1.165, 1.54) is 0 Å². The van der Waals surface area contributed by atoms with Gasteiger partial charge in [-0.05, 0) is 50.1 Å². The lowest BCUT2D eigenvalue weighted by Crippen LogP contribution is -2.34. The van der Waals surface area contributed by atoms with Crippen molar-refractivity contribution in [3.63, 3.8) is 0 Å². The summed E-state index contributed by atoms with van der Waals surface area (Å²) in [6, 6.07) is 19.1. The van der Waals surface area contributed by atoms with Crippen LogP contribution in [0.1, 0.15) is 40.2 Å². The molecule has 190 valence electrons. The number of carbonyl (C=O) groups is 1. The summed E-state index contributed by atoms with van der Waals surface area (Å²) in [5, 5.41) is 5.08. The first kappa shape index (κ1) is 27.5. The molecule has 2 N–H and O–H groups in total. The zero-order valence-corrected chi connectivity index (χ0v) is 21.8. The minimum atomic E-state index is -0.176. The summed E-state index contributed by atoms with van der Waals surface area (Å²) in [4.78, 5) is 28.3. The summed E-state index contributed by atoms with van der Waals surface area (Å²) in [5.74, 6) is 0.640. The molecule has 2 aromatic heterocycles. The average molecular weight is 528 g/mol. The molecule has 7 nitrogen and oxygen atoms in total. The number of nitrogens with zero attached hydrogens (tertiary/aromatic N) is 4. The van der Waals surface area contributed by atoms with E-state index in [4.69, 9.17) is 22.4 Å². The fourth-order valence-corrected chi connectivity index (χ4v) is 4.35. The number of aromatic nitrogens is 3. The quantitative estimate of drug-likeness (QED) is 0.332. The Balaban J connectivity index is 0.00000361. The first-order valence-electron chi connectivity index (χ1n) is 11.8. The largest absolute Gasteiger partial charge is 0.339 e. The second-order valence-electron chi connectivity index (χ2n) is 8.65. The summed E-state index contributed by atoms with van der Waals surface area (Å²) in [6.45, 7) is 4.04. The zero-order chi connectivity index (χ0) is 24.8. The molecule has 0 saturated heterocycles. The van der Waals surface area contributed by atoms with Gasteiger partial charge in [0, 0.05) is 31.3 Å². The van der Waals surface area contributed by atoms with E-state index in [2.05, 4.69) is 0 Å². The van der Waals surface area contributed by atoms with Crippen LogP contribution in [0.4, 0.5) is 0 Å². The van der Waals surface area contributed by atoms with E-state index in [9.17, 15) is 9.59 Å². The van der Waals surface area contributed by atoms with Gasteiger partial charge in [0.2, 0.25) is 0 Å². The van der Waals surface area contributed by atoms with E-state index in [0.29, 0.717) is 60.9 Å². The number of nitrogens with two attached hydrogens (primary N) is 1. The molecule has 1 amide bonds. The zero-order valence-electron chi connectivity index (χ0n) is 20.3. The third kappa shape index (κ3) is 6.35. The van der Waals surface area contributed by atoms with E-state index >= 15 is 0 Å². The van der Waals surface area contributed by atoms with Gasteiger partial charge in [0.05, 0.1) is 11.6 Å². The lowest BCUT2D eigenvalue weighted by molar-refractivity contribution is 0.0752. The van der Waals surface area contributed by atoms with Crippen LogP contribution >= 0.6 is 24.0 Å². The van der Waals surface area contributed by atoms with Crippen LogP contribution in [0.5, 0.6) is 0 Å². The van der Waals surface area contributed by atoms with Gasteiger partial charge in [-0.15, -0.1) is 12.4 Å². The minimum Gasteiger partial charge on any atom is -0.339 e. The first-order chi connectivity index (χ1) is 17.0. The Hall–Kier alpha value is -3.13. The average Bonchev–Trinajstić information content (AvgIpc) is 3.24. The number of hydrogen-bond acceptors (Lipinski definition) is 4. The summed E-state index contributed by atoms with van der Waals surface area (Å²) in [7, 11) is 0. The fourth-order valence-electron chi connectivity index (χ4n) is 4.12. The number of hydrogen-bond donors (Lipinski definition) is 1. The van der Waals surface area contributed by atoms with E-state index in [1.54, 1.807) is 21.3 Å². The van der Waals surface area contributed by atoms with Crippen LogP contribution in [0.3, 0.4) is 0 Å². The van der Waals surface area contributed by atoms with Crippen LogP contribution < -0.4 is 11.3 Å². The number of benzene rings is 2. The van der Waals surface area contributed by atoms with Gasteiger partial charge in [-0.3, -0.25) is 14.2 Å². The number of halogens is 2. The van der Waals surface area contributed by atoms with Crippen molar-refractivity contribution in [2.24, 2.45) is 5.73 Å². The standard InChI is InChI=1S/C27H30ClN5O2.ClH/c1-20-10-12-22(13-11-20)26(34)31(17-6-15-29)16-5-9-24-30-33-18-14-23(28)25(33)27(35)32(24)19-21-7-3-2-4-8-21;/h2-4,7-8,10-14,18H,5-6,9,15-17,19,29H2,1H3;1H. The van der Waals surface area contributed by atoms with Crippen LogP contribution in [-0.2, 0) is 13.0 Å².